The van der Waals surface area contributed by atoms with Crippen LogP contribution in [0, 0.1) is 26.7 Å². The number of amides is 3. The van der Waals surface area contributed by atoms with Gasteiger partial charge in [-0.2, -0.15) is 0 Å². The van der Waals surface area contributed by atoms with Gasteiger partial charge in [-0.1, -0.05) is 30.3 Å². The van der Waals surface area contributed by atoms with Crippen molar-refractivity contribution >= 4 is 23.4 Å². The Kier molecular flexibility index (Phi) is 6.87. The van der Waals surface area contributed by atoms with Crippen LogP contribution in [0.2, 0.25) is 0 Å². The molecule has 3 amide bonds. The van der Waals surface area contributed by atoms with Crippen molar-refractivity contribution in [3.8, 4) is 0 Å². The predicted octanol–water partition coefficient (Wildman–Crippen LogP) is 3.22. The first-order chi connectivity index (χ1) is 14.4. The van der Waals surface area contributed by atoms with E-state index in [0.29, 0.717) is 31.5 Å². The highest BCUT2D eigenvalue weighted by Gasteiger charge is 2.28. The number of nitrogens with zero attached hydrogens (tertiary/aromatic N) is 1. The van der Waals surface area contributed by atoms with E-state index >= 15 is 0 Å². The zero-order valence-electron chi connectivity index (χ0n) is 17.8. The van der Waals surface area contributed by atoms with Crippen molar-refractivity contribution in [3.63, 3.8) is 0 Å². The number of benzene rings is 2. The molecule has 0 radical (unpaired) electrons. The third kappa shape index (κ3) is 5.06. The highest BCUT2D eigenvalue weighted by Crippen LogP contribution is 2.21. The molecule has 1 aliphatic heterocycles. The van der Waals surface area contributed by atoms with Crippen LogP contribution in [0.5, 0.6) is 0 Å². The molecule has 0 saturated carbocycles. The van der Waals surface area contributed by atoms with Gasteiger partial charge in [0.1, 0.15) is 0 Å². The summed E-state index contributed by atoms with van der Waals surface area (Å²) in [5.74, 6) is -0.544. The molecule has 6 heteroatoms. The summed E-state index contributed by atoms with van der Waals surface area (Å²) in [5, 5.41) is 5.59. The molecule has 0 aliphatic carbocycles. The van der Waals surface area contributed by atoms with Gasteiger partial charge in [-0.05, 0) is 62.4 Å². The first-order valence-electron chi connectivity index (χ1n) is 10.4. The topological polar surface area (TPSA) is 78.5 Å². The molecule has 158 valence electrons. The van der Waals surface area contributed by atoms with Crippen LogP contribution in [0.25, 0.3) is 0 Å². The lowest BCUT2D eigenvalue weighted by molar-refractivity contribution is -0.128. The first kappa shape index (κ1) is 21.6. The summed E-state index contributed by atoms with van der Waals surface area (Å²) in [5.41, 5.74) is 4.55. The molecule has 0 unspecified atom stereocenters. The number of aryl methyl sites for hydroxylation is 2. The largest absolute Gasteiger partial charge is 0.347 e. The molecule has 0 spiro atoms. The smallest absolute Gasteiger partial charge is 0.254 e. The Bertz CT molecular complexity index is 946. The van der Waals surface area contributed by atoms with Crippen LogP contribution in [-0.4, -0.2) is 42.3 Å². The zero-order valence-corrected chi connectivity index (χ0v) is 17.8. The zero-order chi connectivity index (χ0) is 21.7. The molecule has 0 bridgehead atoms. The maximum Gasteiger partial charge on any atom is 0.254 e. The SMILES string of the molecule is Cc1ccccc1C(=O)N1CCC(C(=O)NCC(=O)Nc2cccc(C)c2C)CC1. The fourth-order valence-electron chi connectivity index (χ4n) is 3.72. The summed E-state index contributed by atoms with van der Waals surface area (Å²) >= 11 is 0. The molecule has 2 aromatic carbocycles. The minimum atomic E-state index is -0.246. The maximum absolute atomic E-state index is 12.7. The van der Waals surface area contributed by atoms with Crippen LogP contribution in [0.3, 0.4) is 0 Å². The fraction of sp³-hybridized carbons (Fsp3) is 0.375. The quantitative estimate of drug-likeness (QED) is 0.799. The second kappa shape index (κ2) is 9.57. The van der Waals surface area contributed by atoms with E-state index in [1.54, 1.807) is 4.90 Å². The number of carbonyl (C=O) groups excluding carboxylic acids is 3. The third-order valence-corrected chi connectivity index (χ3v) is 5.83. The Labute approximate surface area is 177 Å². The highest BCUT2D eigenvalue weighted by atomic mass is 16.2. The van der Waals surface area contributed by atoms with Crippen molar-refractivity contribution in [3.05, 3.63) is 64.7 Å². The minimum Gasteiger partial charge on any atom is -0.347 e. The molecule has 0 aromatic heterocycles. The summed E-state index contributed by atoms with van der Waals surface area (Å²) in [6.45, 7) is 6.89. The Morgan fingerprint density at radius 2 is 1.60 bits per heavy atom. The molecule has 1 heterocycles. The van der Waals surface area contributed by atoms with E-state index < -0.39 is 0 Å². The standard InChI is InChI=1S/C24H29N3O3/c1-16-8-6-10-21(18(16)3)26-22(28)15-25-23(29)19-11-13-27(14-12-19)24(30)20-9-5-4-7-17(20)2/h4-10,19H,11-15H2,1-3H3,(H,25,29)(H,26,28). The lowest BCUT2D eigenvalue weighted by Gasteiger charge is -2.31. The number of piperidine rings is 1. The lowest BCUT2D eigenvalue weighted by atomic mass is 9.95. The molecule has 1 aliphatic rings. The van der Waals surface area contributed by atoms with Gasteiger partial charge >= 0.3 is 0 Å². The van der Waals surface area contributed by atoms with Crippen LogP contribution in [0.15, 0.2) is 42.5 Å². The minimum absolute atomic E-state index is 0.0138. The van der Waals surface area contributed by atoms with E-state index in [2.05, 4.69) is 10.6 Å². The van der Waals surface area contributed by atoms with Gasteiger partial charge in [0.15, 0.2) is 0 Å². The number of anilines is 1. The molecule has 30 heavy (non-hydrogen) atoms. The van der Waals surface area contributed by atoms with Gasteiger partial charge in [-0.25, -0.2) is 0 Å². The Hall–Kier alpha value is -3.15. The first-order valence-corrected chi connectivity index (χ1v) is 10.4. The number of hydrogen-bond donors (Lipinski definition) is 2. The van der Waals surface area contributed by atoms with Crippen molar-refractivity contribution in [2.75, 3.05) is 25.0 Å². The van der Waals surface area contributed by atoms with Crippen LogP contribution >= 0.6 is 0 Å². The van der Waals surface area contributed by atoms with Gasteiger partial charge in [0.2, 0.25) is 11.8 Å². The molecule has 1 saturated heterocycles. The van der Waals surface area contributed by atoms with Gasteiger partial charge in [0.05, 0.1) is 6.54 Å². The fourth-order valence-corrected chi connectivity index (χ4v) is 3.72. The third-order valence-electron chi connectivity index (χ3n) is 5.83. The van der Waals surface area contributed by atoms with Crippen molar-refractivity contribution in [1.29, 1.82) is 0 Å². The van der Waals surface area contributed by atoms with Crippen molar-refractivity contribution in [2.24, 2.45) is 5.92 Å². The Morgan fingerprint density at radius 1 is 0.933 bits per heavy atom. The van der Waals surface area contributed by atoms with Crippen LogP contribution in [0.1, 0.15) is 39.9 Å². The van der Waals surface area contributed by atoms with Gasteiger partial charge < -0.3 is 15.5 Å². The molecule has 3 rings (SSSR count). The second-order valence-corrected chi connectivity index (χ2v) is 7.89. The van der Waals surface area contributed by atoms with Gasteiger partial charge in [-0.15, -0.1) is 0 Å². The number of hydrogen-bond acceptors (Lipinski definition) is 3. The van der Waals surface area contributed by atoms with E-state index in [1.165, 1.54) is 0 Å². The molecular weight excluding hydrogens is 378 g/mol. The van der Waals surface area contributed by atoms with Crippen LogP contribution < -0.4 is 10.6 Å². The second-order valence-electron chi connectivity index (χ2n) is 7.89. The normalized spacial score (nSPS) is 14.3. The molecule has 6 nitrogen and oxygen atoms in total. The van der Waals surface area contributed by atoms with Crippen molar-refractivity contribution < 1.29 is 14.4 Å². The van der Waals surface area contributed by atoms with E-state index in [9.17, 15) is 14.4 Å². The molecule has 2 N–H and O–H groups in total. The Balaban J connectivity index is 1.46. The summed E-state index contributed by atoms with van der Waals surface area (Å²) in [6, 6.07) is 13.3. The molecule has 1 fully saturated rings. The van der Waals surface area contributed by atoms with Gasteiger partial charge in [-0.3, -0.25) is 14.4 Å². The van der Waals surface area contributed by atoms with Crippen LogP contribution in [-0.2, 0) is 9.59 Å². The summed E-state index contributed by atoms with van der Waals surface area (Å²) in [4.78, 5) is 39.2. The summed E-state index contributed by atoms with van der Waals surface area (Å²) in [6.07, 6.45) is 1.20. The summed E-state index contributed by atoms with van der Waals surface area (Å²) < 4.78 is 0. The maximum atomic E-state index is 12.7. The average Bonchev–Trinajstić information content (AvgIpc) is 2.75. The number of carbonyl (C=O) groups is 3. The van der Waals surface area contributed by atoms with E-state index in [0.717, 1.165) is 22.4 Å². The van der Waals surface area contributed by atoms with E-state index in [-0.39, 0.29) is 30.2 Å². The molecule has 2 aromatic rings. The van der Waals surface area contributed by atoms with Gasteiger partial charge in [0.25, 0.3) is 5.91 Å². The predicted molar refractivity (Wildman–Crippen MR) is 117 cm³/mol. The average molecular weight is 408 g/mol. The number of likely N-dealkylation sites (tertiary alicyclic amines) is 1. The van der Waals surface area contributed by atoms with Crippen LogP contribution in [0.4, 0.5) is 5.69 Å². The van der Waals surface area contributed by atoms with E-state index in [4.69, 9.17) is 0 Å². The monoisotopic (exact) mass is 407 g/mol. The highest BCUT2D eigenvalue weighted by molar-refractivity contribution is 5.96. The van der Waals surface area contributed by atoms with Crippen molar-refractivity contribution in [2.45, 2.75) is 33.6 Å². The molecular formula is C24H29N3O3. The number of nitrogens with one attached hydrogen (secondary N) is 2. The Morgan fingerprint density at radius 3 is 2.30 bits per heavy atom. The number of rotatable bonds is 5. The van der Waals surface area contributed by atoms with Crippen molar-refractivity contribution in [1.82, 2.24) is 10.2 Å². The molecule has 0 atom stereocenters. The lowest BCUT2D eigenvalue weighted by Crippen LogP contribution is -2.44. The van der Waals surface area contributed by atoms with Gasteiger partial charge in [0, 0.05) is 30.3 Å². The summed E-state index contributed by atoms with van der Waals surface area (Å²) in [7, 11) is 0. The van der Waals surface area contributed by atoms with E-state index in [1.807, 2.05) is 63.2 Å².